The first-order valence-electron chi connectivity index (χ1n) is 5.44. The third-order valence-corrected chi connectivity index (χ3v) is 2.84. The van der Waals surface area contributed by atoms with Gasteiger partial charge in [-0.25, -0.2) is 0 Å². The molecule has 0 aromatic heterocycles. The van der Waals surface area contributed by atoms with Crippen LogP contribution in [0.4, 0.5) is 5.69 Å². The molecule has 0 bridgehead atoms. The fourth-order valence-electron chi connectivity index (χ4n) is 1.92. The molecule has 0 spiro atoms. The normalized spacial score (nSPS) is 20.9. The van der Waals surface area contributed by atoms with Gasteiger partial charge in [-0.05, 0) is 24.3 Å². The number of rotatable bonds is 3. The van der Waals surface area contributed by atoms with Gasteiger partial charge in [0.05, 0.1) is 33.0 Å². The van der Waals surface area contributed by atoms with E-state index in [-0.39, 0.29) is 12.6 Å². The highest BCUT2D eigenvalue weighted by Crippen LogP contribution is 2.22. The summed E-state index contributed by atoms with van der Waals surface area (Å²) in [6.45, 7) is 2.23. The van der Waals surface area contributed by atoms with Gasteiger partial charge >= 0.3 is 0 Å². The molecule has 1 atom stereocenters. The van der Waals surface area contributed by atoms with E-state index < -0.39 is 0 Å². The van der Waals surface area contributed by atoms with Gasteiger partial charge in [0.15, 0.2) is 0 Å². The third-order valence-electron chi connectivity index (χ3n) is 2.84. The van der Waals surface area contributed by atoms with Gasteiger partial charge in [0.2, 0.25) is 0 Å². The minimum absolute atomic E-state index is 0.0575. The highest BCUT2D eigenvalue weighted by atomic mass is 16.5. The first-order valence-corrected chi connectivity index (χ1v) is 5.44. The van der Waals surface area contributed by atoms with E-state index in [4.69, 9.17) is 9.47 Å². The van der Waals surface area contributed by atoms with Crippen molar-refractivity contribution in [3.63, 3.8) is 0 Å². The maximum atomic E-state index is 9.28. The highest BCUT2D eigenvalue weighted by Gasteiger charge is 2.22. The van der Waals surface area contributed by atoms with Crippen molar-refractivity contribution in [1.29, 1.82) is 0 Å². The van der Waals surface area contributed by atoms with Crippen LogP contribution in [0.3, 0.4) is 0 Å². The summed E-state index contributed by atoms with van der Waals surface area (Å²) in [6, 6.07) is 7.93. The van der Waals surface area contributed by atoms with Gasteiger partial charge in [0, 0.05) is 12.2 Å². The lowest BCUT2D eigenvalue weighted by Gasteiger charge is -2.36. The van der Waals surface area contributed by atoms with Crippen LogP contribution in [0.2, 0.25) is 0 Å². The summed E-state index contributed by atoms with van der Waals surface area (Å²) >= 11 is 0. The van der Waals surface area contributed by atoms with E-state index in [0.29, 0.717) is 13.2 Å². The summed E-state index contributed by atoms with van der Waals surface area (Å²) in [5.74, 6) is 0.845. The van der Waals surface area contributed by atoms with Crippen LogP contribution in [0.1, 0.15) is 0 Å². The molecule has 1 aromatic rings. The predicted octanol–water partition coefficient (Wildman–Crippen LogP) is 0.893. The van der Waals surface area contributed by atoms with Crippen LogP contribution in [-0.4, -0.2) is 44.6 Å². The van der Waals surface area contributed by atoms with Crippen LogP contribution in [0.5, 0.6) is 5.75 Å². The van der Waals surface area contributed by atoms with Gasteiger partial charge in [-0.3, -0.25) is 0 Å². The molecule has 2 rings (SSSR count). The van der Waals surface area contributed by atoms with E-state index in [1.165, 1.54) is 0 Å². The second-order valence-electron chi connectivity index (χ2n) is 3.80. The molecule has 1 aromatic carbocycles. The molecule has 1 fully saturated rings. The maximum Gasteiger partial charge on any atom is 0.119 e. The predicted molar refractivity (Wildman–Crippen MR) is 62.0 cm³/mol. The lowest BCUT2D eigenvalue weighted by atomic mass is 10.2. The van der Waals surface area contributed by atoms with Gasteiger partial charge in [-0.1, -0.05) is 0 Å². The van der Waals surface area contributed by atoms with E-state index in [1.54, 1.807) is 7.11 Å². The molecular weight excluding hydrogens is 206 g/mol. The number of morpholine rings is 1. The number of ether oxygens (including phenoxy) is 2. The van der Waals surface area contributed by atoms with Crippen molar-refractivity contribution in [3.05, 3.63) is 24.3 Å². The average molecular weight is 223 g/mol. The second-order valence-corrected chi connectivity index (χ2v) is 3.80. The Kier molecular flexibility index (Phi) is 3.64. The largest absolute Gasteiger partial charge is 0.497 e. The molecule has 0 aliphatic carbocycles. The Morgan fingerprint density at radius 3 is 2.81 bits per heavy atom. The smallest absolute Gasteiger partial charge is 0.119 e. The van der Waals surface area contributed by atoms with Crippen molar-refractivity contribution in [2.24, 2.45) is 0 Å². The number of aliphatic hydroxyl groups excluding tert-OH is 1. The molecule has 0 amide bonds. The summed E-state index contributed by atoms with van der Waals surface area (Å²) in [5.41, 5.74) is 1.10. The van der Waals surface area contributed by atoms with Crippen molar-refractivity contribution in [1.82, 2.24) is 0 Å². The number of aliphatic hydroxyl groups is 1. The molecule has 4 nitrogen and oxygen atoms in total. The van der Waals surface area contributed by atoms with Gasteiger partial charge in [-0.15, -0.1) is 0 Å². The number of hydrogen-bond donors (Lipinski definition) is 1. The molecule has 1 aliphatic rings. The zero-order valence-corrected chi connectivity index (χ0v) is 9.43. The van der Waals surface area contributed by atoms with E-state index in [0.717, 1.165) is 18.0 Å². The molecule has 0 radical (unpaired) electrons. The van der Waals surface area contributed by atoms with E-state index >= 15 is 0 Å². The molecule has 4 heteroatoms. The molecule has 0 saturated carbocycles. The fraction of sp³-hybridized carbons (Fsp3) is 0.500. The number of hydrogen-bond acceptors (Lipinski definition) is 4. The summed E-state index contributed by atoms with van der Waals surface area (Å²) in [4.78, 5) is 2.17. The summed E-state index contributed by atoms with van der Waals surface area (Å²) < 4.78 is 10.5. The van der Waals surface area contributed by atoms with Gasteiger partial charge in [-0.2, -0.15) is 0 Å². The maximum absolute atomic E-state index is 9.28. The molecular formula is C12H17NO3. The average Bonchev–Trinajstić information content (AvgIpc) is 2.39. The van der Waals surface area contributed by atoms with Crippen LogP contribution in [-0.2, 0) is 4.74 Å². The Bertz CT molecular complexity index is 326. The van der Waals surface area contributed by atoms with E-state index in [2.05, 4.69) is 4.90 Å². The standard InChI is InChI=1S/C12H17NO3/c1-15-12-4-2-10(3-5-12)13-6-7-16-9-11(13)8-14/h2-5,11,14H,6-9H2,1H3. The van der Waals surface area contributed by atoms with Crippen molar-refractivity contribution in [2.75, 3.05) is 38.4 Å². The third kappa shape index (κ3) is 2.28. The summed E-state index contributed by atoms with van der Waals surface area (Å²) in [6.07, 6.45) is 0. The highest BCUT2D eigenvalue weighted by molar-refractivity contribution is 5.50. The van der Waals surface area contributed by atoms with Crippen LogP contribution in [0, 0.1) is 0 Å². The lowest BCUT2D eigenvalue weighted by molar-refractivity contribution is 0.0727. The first-order chi connectivity index (χ1) is 7.85. The van der Waals surface area contributed by atoms with Crippen LogP contribution in [0.15, 0.2) is 24.3 Å². The van der Waals surface area contributed by atoms with Crippen molar-refractivity contribution < 1.29 is 14.6 Å². The number of methoxy groups -OCH3 is 1. The zero-order chi connectivity index (χ0) is 11.4. The van der Waals surface area contributed by atoms with E-state index in [9.17, 15) is 5.11 Å². The van der Waals surface area contributed by atoms with Gasteiger partial charge in [0.1, 0.15) is 5.75 Å². The first kappa shape index (κ1) is 11.2. The summed E-state index contributed by atoms with van der Waals surface area (Å²) in [7, 11) is 1.65. The Labute approximate surface area is 95.4 Å². The van der Waals surface area contributed by atoms with Crippen molar-refractivity contribution in [3.8, 4) is 5.75 Å². The van der Waals surface area contributed by atoms with Gasteiger partial charge in [0.25, 0.3) is 0 Å². The SMILES string of the molecule is COc1ccc(N2CCOCC2CO)cc1. The van der Waals surface area contributed by atoms with Crippen LogP contribution >= 0.6 is 0 Å². The zero-order valence-electron chi connectivity index (χ0n) is 9.43. The molecule has 1 aliphatic heterocycles. The monoisotopic (exact) mass is 223 g/mol. The topological polar surface area (TPSA) is 41.9 Å². The van der Waals surface area contributed by atoms with E-state index in [1.807, 2.05) is 24.3 Å². The minimum Gasteiger partial charge on any atom is -0.497 e. The van der Waals surface area contributed by atoms with Crippen molar-refractivity contribution >= 4 is 5.69 Å². The molecule has 1 unspecified atom stereocenters. The van der Waals surface area contributed by atoms with Gasteiger partial charge < -0.3 is 19.5 Å². The minimum atomic E-state index is 0.0575. The fourth-order valence-corrected chi connectivity index (χ4v) is 1.92. The Morgan fingerprint density at radius 2 is 2.19 bits per heavy atom. The molecule has 1 N–H and O–H groups in total. The molecule has 1 heterocycles. The van der Waals surface area contributed by atoms with Crippen molar-refractivity contribution in [2.45, 2.75) is 6.04 Å². The molecule has 1 saturated heterocycles. The Hall–Kier alpha value is -1.26. The van der Waals surface area contributed by atoms with Crippen LogP contribution in [0.25, 0.3) is 0 Å². The lowest BCUT2D eigenvalue weighted by Crippen LogP contribution is -2.47. The Morgan fingerprint density at radius 1 is 1.44 bits per heavy atom. The number of nitrogens with zero attached hydrogens (tertiary/aromatic N) is 1. The quantitative estimate of drug-likeness (QED) is 0.826. The van der Waals surface area contributed by atoms with Crippen LogP contribution < -0.4 is 9.64 Å². The summed E-state index contributed by atoms with van der Waals surface area (Å²) in [5, 5.41) is 9.28. The molecule has 88 valence electrons. The number of benzene rings is 1. The molecule has 16 heavy (non-hydrogen) atoms. The second kappa shape index (κ2) is 5.18. The number of anilines is 1. The Balaban J connectivity index is 2.14.